The quantitative estimate of drug-likeness (QED) is 0.830. The van der Waals surface area contributed by atoms with Crippen molar-refractivity contribution < 1.29 is 9.90 Å². The van der Waals surface area contributed by atoms with Gasteiger partial charge in [-0.2, -0.15) is 0 Å². The van der Waals surface area contributed by atoms with Crippen LogP contribution < -0.4 is 0 Å². The summed E-state index contributed by atoms with van der Waals surface area (Å²) in [5, 5.41) is 9.93. The molecule has 3 nitrogen and oxygen atoms in total. The van der Waals surface area contributed by atoms with Crippen molar-refractivity contribution in [2.24, 2.45) is 0 Å². The SMILES string of the molecule is Cc1cc(C(C)CC(=O)O)cc2cc[nH]c12. The second-order valence-electron chi connectivity index (χ2n) is 4.28. The standard InChI is InChI=1S/C13H15NO2/c1-8(6-12(15)16)11-5-9(2)13-10(7-11)3-4-14-13/h3-5,7-8,14H,6H2,1-2H3,(H,15,16). The molecule has 16 heavy (non-hydrogen) atoms. The molecule has 0 fully saturated rings. The van der Waals surface area contributed by atoms with Gasteiger partial charge in [-0.3, -0.25) is 4.79 Å². The minimum atomic E-state index is -0.751. The number of fused-ring (bicyclic) bond motifs is 1. The molecule has 1 aromatic heterocycles. The van der Waals surface area contributed by atoms with Crippen LogP contribution in [0, 0.1) is 6.92 Å². The molecule has 84 valence electrons. The molecule has 0 aliphatic rings. The number of nitrogens with one attached hydrogen (secondary N) is 1. The number of aromatic nitrogens is 1. The van der Waals surface area contributed by atoms with E-state index in [-0.39, 0.29) is 12.3 Å². The van der Waals surface area contributed by atoms with E-state index in [2.05, 4.69) is 17.1 Å². The lowest BCUT2D eigenvalue weighted by atomic mass is 9.95. The van der Waals surface area contributed by atoms with E-state index in [4.69, 9.17) is 5.11 Å². The average Bonchev–Trinajstić information content (AvgIpc) is 2.64. The van der Waals surface area contributed by atoms with Gasteiger partial charge in [0.15, 0.2) is 0 Å². The predicted octanol–water partition coefficient (Wildman–Crippen LogP) is 3.05. The molecule has 1 aromatic carbocycles. The third kappa shape index (κ3) is 1.94. The Morgan fingerprint density at radius 2 is 2.25 bits per heavy atom. The Hall–Kier alpha value is -1.77. The highest BCUT2D eigenvalue weighted by Crippen LogP contribution is 2.26. The maximum Gasteiger partial charge on any atom is 0.303 e. The zero-order chi connectivity index (χ0) is 11.7. The monoisotopic (exact) mass is 217 g/mol. The van der Waals surface area contributed by atoms with Crippen LogP contribution >= 0.6 is 0 Å². The van der Waals surface area contributed by atoms with Crippen molar-refractivity contribution in [2.45, 2.75) is 26.2 Å². The largest absolute Gasteiger partial charge is 0.481 e. The summed E-state index contributed by atoms with van der Waals surface area (Å²) in [5.41, 5.74) is 3.38. The van der Waals surface area contributed by atoms with Crippen molar-refractivity contribution in [2.75, 3.05) is 0 Å². The van der Waals surface area contributed by atoms with Gasteiger partial charge in [-0.1, -0.05) is 13.0 Å². The lowest BCUT2D eigenvalue weighted by molar-refractivity contribution is -0.137. The summed E-state index contributed by atoms with van der Waals surface area (Å²) in [6.07, 6.45) is 2.08. The first-order valence-corrected chi connectivity index (χ1v) is 5.37. The van der Waals surface area contributed by atoms with E-state index in [1.807, 2.05) is 26.1 Å². The van der Waals surface area contributed by atoms with Crippen LogP contribution in [0.4, 0.5) is 0 Å². The Labute approximate surface area is 94.1 Å². The first-order chi connectivity index (χ1) is 7.58. The number of H-pyrrole nitrogens is 1. The molecular weight excluding hydrogens is 202 g/mol. The highest BCUT2D eigenvalue weighted by molar-refractivity contribution is 5.83. The summed E-state index contributed by atoms with van der Waals surface area (Å²) in [5.74, 6) is -0.699. The maximum atomic E-state index is 10.7. The van der Waals surface area contributed by atoms with Crippen LogP contribution in [0.25, 0.3) is 10.9 Å². The Morgan fingerprint density at radius 3 is 2.94 bits per heavy atom. The molecule has 0 amide bonds. The van der Waals surface area contributed by atoms with Crippen LogP contribution in [0.3, 0.4) is 0 Å². The van der Waals surface area contributed by atoms with E-state index in [1.54, 1.807) is 0 Å². The first kappa shape index (κ1) is 10.7. The fraction of sp³-hybridized carbons (Fsp3) is 0.308. The number of rotatable bonds is 3. The van der Waals surface area contributed by atoms with E-state index in [9.17, 15) is 4.79 Å². The molecule has 2 aromatic rings. The summed E-state index contributed by atoms with van der Waals surface area (Å²) >= 11 is 0. The van der Waals surface area contributed by atoms with Gasteiger partial charge in [0.25, 0.3) is 0 Å². The van der Waals surface area contributed by atoms with E-state index in [0.29, 0.717) is 0 Å². The zero-order valence-corrected chi connectivity index (χ0v) is 9.45. The third-order valence-electron chi connectivity index (χ3n) is 2.93. The van der Waals surface area contributed by atoms with E-state index < -0.39 is 5.97 Å². The van der Waals surface area contributed by atoms with Crippen molar-refractivity contribution in [3.8, 4) is 0 Å². The van der Waals surface area contributed by atoms with Crippen LogP contribution in [0.5, 0.6) is 0 Å². The van der Waals surface area contributed by atoms with Crippen molar-refractivity contribution in [1.29, 1.82) is 0 Å². The van der Waals surface area contributed by atoms with Crippen LogP contribution in [-0.4, -0.2) is 16.1 Å². The number of aryl methyl sites for hydroxylation is 1. The van der Waals surface area contributed by atoms with Crippen LogP contribution in [0.2, 0.25) is 0 Å². The maximum absolute atomic E-state index is 10.7. The van der Waals surface area contributed by atoms with Gasteiger partial charge in [-0.25, -0.2) is 0 Å². The number of carboxylic acids is 1. The Balaban J connectivity index is 2.41. The Morgan fingerprint density at radius 1 is 1.50 bits per heavy atom. The number of hydrogen-bond donors (Lipinski definition) is 2. The number of carboxylic acid groups (broad SMARTS) is 1. The number of benzene rings is 1. The summed E-state index contributed by atoms with van der Waals surface area (Å²) in [7, 11) is 0. The smallest absolute Gasteiger partial charge is 0.303 e. The highest BCUT2D eigenvalue weighted by atomic mass is 16.4. The van der Waals surface area contributed by atoms with Gasteiger partial charge in [0.05, 0.1) is 6.42 Å². The first-order valence-electron chi connectivity index (χ1n) is 5.37. The second-order valence-corrected chi connectivity index (χ2v) is 4.28. The van der Waals surface area contributed by atoms with Gasteiger partial charge in [0, 0.05) is 11.7 Å². The Bertz CT molecular complexity index is 528. The molecule has 1 unspecified atom stereocenters. The zero-order valence-electron chi connectivity index (χ0n) is 9.45. The minimum Gasteiger partial charge on any atom is -0.481 e. The molecule has 0 aliphatic carbocycles. The van der Waals surface area contributed by atoms with E-state index in [0.717, 1.165) is 22.0 Å². The normalized spacial score (nSPS) is 12.9. The molecule has 0 radical (unpaired) electrons. The summed E-state index contributed by atoms with van der Waals surface area (Å²) in [6.45, 7) is 3.98. The fourth-order valence-electron chi connectivity index (χ4n) is 2.05. The van der Waals surface area contributed by atoms with E-state index >= 15 is 0 Å². The fourth-order valence-corrected chi connectivity index (χ4v) is 2.05. The van der Waals surface area contributed by atoms with Gasteiger partial charge in [0.2, 0.25) is 0 Å². The number of aliphatic carboxylic acids is 1. The van der Waals surface area contributed by atoms with Crippen LogP contribution in [0.1, 0.15) is 30.4 Å². The van der Waals surface area contributed by atoms with Crippen LogP contribution in [-0.2, 0) is 4.79 Å². The summed E-state index contributed by atoms with van der Waals surface area (Å²) in [4.78, 5) is 13.9. The summed E-state index contributed by atoms with van der Waals surface area (Å²) < 4.78 is 0. The lowest BCUT2D eigenvalue weighted by Crippen LogP contribution is -2.03. The van der Waals surface area contributed by atoms with Crippen LogP contribution in [0.15, 0.2) is 24.4 Å². The number of hydrogen-bond acceptors (Lipinski definition) is 1. The average molecular weight is 217 g/mol. The number of aromatic amines is 1. The molecule has 0 bridgehead atoms. The molecule has 2 rings (SSSR count). The second kappa shape index (κ2) is 4.00. The van der Waals surface area contributed by atoms with Gasteiger partial charge >= 0.3 is 5.97 Å². The van der Waals surface area contributed by atoms with Gasteiger partial charge in [-0.15, -0.1) is 0 Å². The molecule has 0 spiro atoms. The van der Waals surface area contributed by atoms with Crippen molar-refractivity contribution >= 4 is 16.9 Å². The molecule has 0 aliphatic heterocycles. The van der Waals surface area contributed by atoms with Crippen molar-refractivity contribution in [1.82, 2.24) is 4.98 Å². The Kier molecular flexibility index (Phi) is 2.69. The topological polar surface area (TPSA) is 53.1 Å². The highest BCUT2D eigenvalue weighted by Gasteiger charge is 2.12. The molecule has 0 saturated heterocycles. The number of carbonyl (C=O) groups is 1. The molecular formula is C13H15NO2. The van der Waals surface area contributed by atoms with Crippen molar-refractivity contribution in [3.63, 3.8) is 0 Å². The third-order valence-corrected chi connectivity index (χ3v) is 2.93. The minimum absolute atomic E-state index is 0.0514. The van der Waals surface area contributed by atoms with Gasteiger partial charge < -0.3 is 10.1 Å². The molecule has 3 heteroatoms. The van der Waals surface area contributed by atoms with Gasteiger partial charge in [0.1, 0.15) is 0 Å². The molecule has 2 N–H and O–H groups in total. The van der Waals surface area contributed by atoms with E-state index in [1.165, 1.54) is 0 Å². The molecule has 0 saturated carbocycles. The molecule has 1 atom stereocenters. The lowest BCUT2D eigenvalue weighted by Gasteiger charge is -2.10. The summed E-state index contributed by atoms with van der Waals surface area (Å²) in [6, 6.07) is 6.14. The van der Waals surface area contributed by atoms with Crippen molar-refractivity contribution in [3.05, 3.63) is 35.5 Å². The predicted molar refractivity (Wildman–Crippen MR) is 63.7 cm³/mol. The van der Waals surface area contributed by atoms with Gasteiger partial charge in [-0.05, 0) is 41.5 Å². The molecule has 1 heterocycles.